The lowest BCUT2D eigenvalue weighted by molar-refractivity contribution is 0.162. The molecular weight excluding hydrogens is 405 g/mol. The molecule has 0 bridgehead atoms. The molecule has 0 spiro atoms. The van der Waals surface area contributed by atoms with E-state index in [9.17, 15) is 18.1 Å². The maximum atomic E-state index is 13.2. The van der Waals surface area contributed by atoms with E-state index >= 15 is 0 Å². The van der Waals surface area contributed by atoms with Crippen molar-refractivity contribution in [2.45, 2.75) is 10.9 Å². The first-order valence-electron chi connectivity index (χ1n) is 8.59. The molecule has 148 valence electrons. The number of piperazine rings is 1. The van der Waals surface area contributed by atoms with E-state index < -0.39 is 21.9 Å². The minimum Gasteiger partial charge on any atom is -0.497 e. The van der Waals surface area contributed by atoms with E-state index in [0.717, 1.165) is 17.7 Å². The summed E-state index contributed by atoms with van der Waals surface area (Å²) >= 11 is 5.93. The highest BCUT2D eigenvalue weighted by Gasteiger charge is 2.32. The number of methoxy groups -OCH3 is 1. The number of rotatable bonds is 5. The van der Waals surface area contributed by atoms with Crippen molar-refractivity contribution in [3.63, 3.8) is 0 Å². The summed E-state index contributed by atoms with van der Waals surface area (Å²) in [5.41, 5.74) is 0.821. The van der Waals surface area contributed by atoms with Crippen LogP contribution in [0.1, 0.15) is 11.6 Å². The second-order valence-corrected chi connectivity index (χ2v) is 8.63. The minimum atomic E-state index is -3.83. The zero-order valence-electron chi connectivity index (χ0n) is 15.2. The highest BCUT2D eigenvalue weighted by Crippen LogP contribution is 2.28. The number of hydrogen-bond acceptors (Lipinski definition) is 5. The van der Waals surface area contributed by atoms with Gasteiger partial charge in [0.25, 0.3) is 0 Å². The van der Waals surface area contributed by atoms with Crippen molar-refractivity contribution in [1.29, 1.82) is 5.26 Å². The molecule has 1 saturated heterocycles. The van der Waals surface area contributed by atoms with Gasteiger partial charge in [-0.05, 0) is 35.9 Å². The van der Waals surface area contributed by atoms with Crippen molar-refractivity contribution in [2.24, 2.45) is 0 Å². The van der Waals surface area contributed by atoms with E-state index in [1.807, 2.05) is 17.0 Å². The molecule has 1 fully saturated rings. The fourth-order valence-corrected chi connectivity index (χ4v) is 5.11. The van der Waals surface area contributed by atoms with Crippen molar-refractivity contribution in [3.05, 3.63) is 58.9 Å². The molecule has 1 heterocycles. The van der Waals surface area contributed by atoms with E-state index in [-0.39, 0.29) is 23.0 Å². The standard InChI is InChI=1S/C19H19ClFN3O3S/c1-27-16-5-2-14(3-6-16)18(13-22)23-8-10-24(11-9-23)28(25,26)19-7-4-15(21)12-17(19)20/h2-7,12,18H,8-11H2,1H3. The second kappa shape index (κ2) is 8.45. The Labute approximate surface area is 168 Å². The van der Waals surface area contributed by atoms with Crippen LogP contribution in [0.5, 0.6) is 5.75 Å². The van der Waals surface area contributed by atoms with Crippen molar-refractivity contribution < 1.29 is 17.5 Å². The van der Waals surface area contributed by atoms with E-state index in [1.165, 1.54) is 10.4 Å². The van der Waals surface area contributed by atoms with Crippen LogP contribution in [-0.2, 0) is 10.0 Å². The topological polar surface area (TPSA) is 73.6 Å². The smallest absolute Gasteiger partial charge is 0.244 e. The third kappa shape index (κ3) is 4.13. The van der Waals surface area contributed by atoms with Crippen LogP contribution in [0.4, 0.5) is 4.39 Å². The maximum absolute atomic E-state index is 13.2. The van der Waals surface area contributed by atoms with E-state index in [1.54, 1.807) is 19.2 Å². The third-order valence-electron chi connectivity index (χ3n) is 4.70. The van der Waals surface area contributed by atoms with Gasteiger partial charge in [-0.15, -0.1) is 0 Å². The first kappa shape index (κ1) is 20.6. The van der Waals surface area contributed by atoms with Gasteiger partial charge in [0, 0.05) is 26.2 Å². The molecule has 3 rings (SSSR count). The molecule has 0 radical (unpaired) electrons. The Bertz CT molecular complexity index is 984. The van der Waals surface area contributed by atoms with Crippen LogP contribution >= 0.6 is 11.6 Å². The molecule has 0 N–H and O–H groups in total. The molecule has 0 aromatic heterocycles. The normalized spacial score (nSPS) is 17.1. The summed E-state index contributed by atoms with van der Waals surface area (Å²) in [6.45, 7) is 1.21. The lowest BCUT2D eigenvalue weighted by Crippen LogP contribution is -2.49. The number of sulfonamides is 1. The molecule has 6 nitrogen and oxygen atoms in total. The third-order valence-corrected chi connectivity index (χ3v) is 7.09. The summed E-state index contributed by atoms with van der Waals surface area (Å²) in [6, 6.07) is 12.3. The van der Waals surface area contributed by atoms with Crippen LogP contribution in [0.2, 0.25) is 5.02 Å². The lowest BCUT2D eigenvalue weighted by atomic mass is 10.1. The van der Waals surface area contributed by atoms with Gasteiger partial charge in [-0.2, -0.15) is 9.57 Å². The number of ether oxygens (including phenoxy) is 1. The van der Waals surface area contributed by atoms with Crippen LogP contribution in [0.25, 0.3) is 0 Å². The summed E-state index contributed by atoms with van der Waals surface area (Å²) in [5, 5.41) is 9.47. The van der Waals surface area contributed by atoms with Gasteiger partial charge < -0.3 is 4.74 Å². The molecule has 1 unspecified atom stereocenters. The molecule has 1 aliphatic heterocycles. The number of halogens is 2. The molecule has 0 saturated carbocycles. The summed E-state index contributed by atoms with van der Waals surface area (Å²) in [7, 11) is -2.26. The average Bonchev–Trinajstić information content (AvgIpc) is 2.69. The molecule has 1 aliphatic rings. The van der Waals surface area contributed by atoms with Crippen molar-refractivity contribution in [1.82, 2.24) is 9.21 Å². The molecule has 9 heteroatoms. The zero-order valence-corrected chi connectivity index (χ0v) is 16.8. The van der Waals surface area contributed by atoms with Crippen LogP contribution in [-0.4, -0.2) is 50.9 Å². The van der Waals surface area contributed by atoms with Crippen molar-refractivity contribution in [3.8, 4) is 11.8 Å². The fourth-order valence-electron chi connectivity index (χ4n) is 3.18. The zero-order chi connectivity index (χ0) is 20.3. The van der Waals surface area contributed by atoms with E-state index in [0.29, 0.717) is 18.8 Å². The molecule has 0 amide bonds. The molecule has 2 aromatic rings. The predicted octanol–water partition coefficient (Wildman–Crippen LogP) is 3.06. The number of benzene rings is 2. The largest absolute Gasteiger partial charge is 0.497 e. The first-order chi connectivity index (χ1) is 13.4. The first-order valence-corrected chi connectivity index (χ1v) is 10.4. The Morgan fingerprint density at radius 2 is 1.79 bits per heavy atom. The lowest BCUT2D eigenvalue weighted by Gasteiger charge is -2.36. The van der Waals surface area contributed by atoms with Gasteiger partial charge in [-0.25, -0.2) is 12.8 Å². The van der Waals surface area contributed by atoms with Crippen molar-refractivity contribution >= 4 is 21.6 Å². The monoisotopic (exact) mass is 423 g/mol. The van der Waals surface area contributed by atoms with Crippen LogP contribution < -0.4 is 4.74 Å². The fraction of sp³-hybridized carbons (Fsp3) is 0.316. The van der Waals surface area contributed by atoms with Gasteiger partial charge in [0.05, 0.1) is 18.2 Å². The summed E-state index contributed by atoms with van der Waals surface area (Å²) in [5.74, 6) is 0.109. The van der Waals surface area contributed by atoms with Gasteiger partial charge in [-0.3, -0.25) is 4.90 Å². The van der Waals surface area contributed by atoms with Gasteiger partial charge in [0.2, 0.25) is 10.0 Å². The van der Waals surface area contributed by atoms with Crippen LogP contribution in [0.15, 0.2) is 47.4 Å². The molecule has 0 aliphatic carbocycles. The summed E-state index contributed by atoms with van der Waals surface area (Å²) in [6.07, 6.45) is 0. The Kier molecular flexibility index (Phi) is 6.20. The SMILES string of the molecule is COc1ccc(C(C#N)N2CCN(S(=O)(=O)c3ccc(F)cc3Cl)CC2)cc1. The minimum absolute atomic E-state index is 0.115. The number of hydrogen-bond donors (Lipinski definition) is 0. The predicted molar refractivity (Wildman–Crippen MR) is 103 cm³/mol. The van der Waals surface area contributed by atoms with Crippen LogP contribution in [0, 0.1) is 17.1 Å². The summed E-state index contributed by atoms with van der Waals surface area (Å²) < 4.78 is 45.3. The Balaban J connectivity index is 1.73. The van der Waals surface area contributed by atoms with E-state index in [4.69, 9.17) is 16.3 Å². The van der Waals surface area contributed by atoms with Gasteiger partial charge in [0.15, 0.2) is 0 Å². The molecule has 28 heavy (non-hydrogen) atoms. The molecule has 1 atom stereocenters. The Morgan fingerprint density at radius 3 is 2.32 bits per heavy atom. The molecular formula is C19H19ClFN3O3S. The Morgan fingerprint density at radius 1 is 1.14 bits per heavy atom. The highest BCUT2D eigenvalue weighted by molar-refractivity contribution is 7.89. The van der Waals surface area contributed by atoms with Gasteiger partial charge in [0.1, 0.15) is 22.5 Å². The van der Waals surface area contributed by atoms with Gasteiger partial charge in [-0.1, -0.05) is 23.7 Å². The highest BCUT2D eigenvalue weighted by atomic mass is 35.5. The maximum Gasteiger partial charge on any atom is 0.244 e. The second-order valence-electron chi connectivity index (χ2n) is 6.32. The van der Waals surface area contributed by atoms with Gasteiger partial charge >= 0.3 is 0 Å². The van der Waals surface area contributed by atoms with E-state index in [2.05, 4.69) is 6.07 Å². The van der Waals surface area contributed by atoms with Crippen molar-refractivity contribution in [2.75, 3.05) is 33.3 Å². The number of nitriles is 1. The average molecular weight is 424 g/mol. The quantitative estimate of drug-likeness (QED) is 0.739. The Hall–Kier alpha value is -2.18. The number of nitrogens with zero attached hydrogens (tertiary/aromatic N) is 3. The molecule has 2 aromatic carbocycles. The summed E-state index contributed by atoms with van der Waals surface area (Å²) in [4.78, 5) is 1.82. The van der Waals surface area contributed by atoms with Crippen LogP contribution in [0.3, 0.4) is 0 Å².